The summed E-state index contributed by atoms with van der Waals surface area (Å²) in [6.45, 7) is 7.13. The Hall–Kier alpha value is -2.31. The zero-order valence-corrected chi connectivity index (χ0v) is 17.0. The zero-order valence-electron chi connectivity index (χ0n) is 15.4. The van der Waals surface area contributed by atoms with Crippen molar-refractivity contribution in [3.63, 3.8) is 0 Å². The van der Waals surface area contributed by atoms with Crippen molar-refractivity contribution in [1.29, 1.82) is 5.26 Å². The van der Waals surface area contributed by atoms with Gasteiger partial charge in [-0.25, -0.2) is 9.31 Å². The van der Waals surface area contributed by atoms with E-state index in [1.807, 2.05) is 20.8 Å². The maximum atomic E-state index is 12.2. The molecule has 1 amide bonds. The van der Waals surface area contributed by atoms with Crippen molar-refractivity contribution in [3.8, 4) is 11.8 Å². The molecule has 0 aromatic carbocycles. The van der Waals surface area contributed by atoms with E-state index in [9.17, 15) is 4.79 Å². The van der Waals surface area contributed by atoms with Crippen LogP contribution in [-0.4, -0.2) is 58.6 Å². The molecular weight excluding hydrogens is 416 g/mol. The minimum absolute atomic E-state index is 0.256. The SMILES string of the molecule is CC(C)(C)OC(=O)N1CCO[C@@H](COc2cc(Br)c3c(C#N)cnn3c2)C1. The molecule has 0 bridgehead atoms. The largest absolute Gasteiger partial charge is 0.489 e. The molecule has 3 rings (SSSR count). The van der Waals surface area contributed by atoms with Crippen LogP contribution in [0.15, 0.2) is 22.9 Å². The fourth-order valence-electron chi connectivity index (χ4n) is 2.71. The third kappa shape index (κ3) is 4.70. The predicted octanol–water partition coefficient (Wildman–Crippen LogP) is 2.98. The summed E-state index contributed by atoms with van der Waals surface area (Å²) in [5.74, 6) is 0.583. The van der Waals surface area contributed by atoms with Gasteiger partial charge in [0.25, 0.3) is 0 Å². The van der Waals surface area contributed by atoms with E-state index in [4.69, 9.17) is 19.5 Å². The van der Waals surface area contributed by atoms with E-state index < -0.39 is 5.60 Å². The third-order valence-corrected chi connectivity index (χ3v) is 4.49. The minimum Gasteiger partial charge on any atom is -0.489 e. The summed E-state index contributed by atoms with van der Waals surface area (Å²) < 4.78 is 19.2. The number of aromatic nitrogens is 2. The number of hydrogen-bond donors (Lipinski definition) is 0. The Bertz CT molecular complexity index is 884. The molecule has 8 nitrogen and oxygen atoms in total. The first-order valence-electron chi connectivity index (χ1n) is 8.56. The van der Waals surface area contributed by atoms with Crippen molar-refractivity contribution >= 4 is 27.5 Å². The van der Waals surface area contributed by atoms with Crippen molar-refractivity contribution in [2.24, 2.45) is 0 Å². The number of ether oxygens (including phenoxy) is 3. The number of carbonyl (C=O) groups excluding carboxylic acids is 1. The number of fused-ring (bicyclic) bond motifs is 1. The molecular formula is C18H21BrN4O4. The monoisotopic (exact) mass is 436 g/mol. The lowest BCUT2D eigenvalue weighted by atomic mass is 10.2. The van der Waals surface area contributed by atoms with Gasteiger partial charge in [-0.3, -0.25) is 0 Å². The van der Waals surface area contributed by atoms with Crippen LogP contribution in [0.2, 0.25) is 0 Å². The van der Waals surface area contributed by atoms with E-state index in [-0.39, 0.29) is 18.8 Å². The van der Waals surface area contributed by atoms with Crippen LogP contribution in [-0.2, 0) is 9.47 Å². The number of morpholine rings is 1. The number of hydrogen-bond acceptors (Lipinski definition) is 6. The molecule has 2 aromatic rings. The molecule has 1 aliphatic rings. The Labute approximate surface area is 165 Å². The van der Waals surface area contributed by atoms with Crippen molar-refractivity contribution in [3.05, 3.63) is 28.5 Å². The van der Waals surface area contributed by atoms with Crippen molar-refractivity contribution in [1.82, 2.24) is 14.5 Å². The van der Waals surface area contributed by atoms with Gasteiger partial charge < -0.3 is 19.1 Å². The molecule has 1 fully saturated rings. The maximum absolute atomic E-state index is 12.2. The lowest BCUT2D eigenvalue weighted by molar-refractivity contribution is -0.0557. The molecule has 0 N–H and O–H groups in total. The van der Waals surface area contributed by atoms with E-state index in [0.29, 0.717) is 41.0 Å². The number of nitriles is 1. The number of pyridine rings is 1. The van der Waals surface area contributed by atoms with Crippen LogP contribution in [0, 0.1) is 11.3 Å². The standard InChI is InChI=1S/C18H21BrN4O4/c1-18(2,3)27-17(24)22-4-5-25-14(9-22)11-26-13-6-15(19)16-12(7-20)8-21-23(16)10-13/h6,8,10,14H,4-5,9,11H2,1-3H3/t14-/m1/s1. The third-order valence-electron chi connectivity index (χ3n) is 3.89. The first-order chi connectivity index (χ1) is 12.8. The van der Waals surface area contributed by atoms with Crippen LogP contribution in [0.1, 0.15) is 26.3 Å². The van der Waals surface area contributed by atoms with Crippen LogP contribution in [0.3, 0.4) is 0 Å². The van der Waals surface area contributed by atoms with Gasteiger partial charge in [0.1, 0.15) is 30.1 Å². The molecule has 27 heavy (non-hydrogen) atoms. The molecule has 1 aliphatic heterocycles. The second kappa shape index (κ2) is 7.74. The Balaban J connectivity index is 1.62. The Morgan fingerprint density at radius 3 is 3.00 bits per heavy atom. The van der Waals surface area contributed by atoms with Gasteiger partial charge in [-0.15, -0.1) is 0 Å². The molecule has 2 aromatic heterocycles. The van der Waals surface area contributed by atoms with E-state index in [1.54, 1.807) is 21.7 Å². The van der Waals surface area contributed by atoms with Crippen LogP contribution >= 0.6 is 15.9 Å². The number of amides is 1. The molecule has 1 saturated heterocycles. The summed E-state index contributed by atoms with van der Waals surface area (Å²) in [5, 5.41) is 13.3. The summed E-state index contributed by atoms with van der Waals surface area (Å²) in [6, 6.07) is 3.89. The van der Waals surface area contributed by atoms with Crippen molar-refractivity contribution in [2.75, 3.05) is 26.3 Å². The quantitative estimate of drug-likeness (QED) is 0.734. The van der Waals surface area contributed by atoms with Crippen LogP contribution in [0.5, 0.6) is 5.75 Å². The molecule has 1 atom stereocenters. The van der Waals surface area contributed by atoms with E-state index in [0.717, 1.165) is 0 Å². The molecule has 9 heteroatoms. The van der Waals surface area contributed by atoms with Crippen molar-refractivity contribution in [2.45, 2.75) is 32.5 Å². The summed E-state index contributed by atoms with van der Waals surface area (Å²) in [4.78, 5) is 13.9. The molecule has 0 aliphatic carbocycles. The van der Waals surface area contributed by atoms with Gasteiger partial charge in [0, 0.05) is 11.0 Å². The van der Waals surface area contributed by atoms with Gasteiger partial charge >= 0.3 is 6.09 Å². The van der Waals surface area contributed by atoms with Crippen LogP contribution < -0.4 is 4.74 Å². The fourth-order valence-corrected chi connectivity index (χ4v) is 3.33. The van der Waals surface area contributed by atoms with Gasteiger partial charge in [0.05, 0.1) is 36.6 Å². The Morgan fingerprint density at radius 1 is 1.52 bits per heavy atom. The van der Waals surface area contributed by atoms with E-state index in [2.05, 4.69) is 27.1 Å². The van der Waals surface area contributed by atoms with Gasteiger partial charge in [0.15, 0.2) is 0 Å². The first kappa shape index (κ1) is 19.5. The molecule has 0 saturated carbocycles. The average molecular weight is 437 g/mol. The van der Waals surface area contributed by atoms with E-state index in [1.165, 1.54) is 6.20 Å². The Kier molecular flexibility index (Phi) is 5.58. The van der Waals surface area contributed by atoms with Gasteiger partial charge in [0.2, 0.25) is 0 Å². The summed E-state index contributed by atoms with van der Waals surface area (Å²) in [7, 11) is 0. The Morgan fingerprint density at radius 2 is 2.30 bits per heavy atom. The number of rotatable bonds is 3. The first-order valence-corrected chi connectivity index (χ1v) is 9.35. The minimum atomic E-state index is -0.533. The van der Waals surface area contributed by atoms with Gasteiger partial charge in [-0.05, 0) is 42.8 Å². The predicted molar refractivity (Wildman–Crippen MR) is 101 cm³/mol. The maximum Gasteiger partial charge on any atom is 0.410 e. The molecule has 0 unspecified atom stereocenters. The summed E-state index contributed by atoms with van der Waals surface area (Å²) in [5.41, 5.74) is 0.640. The summed E-state index contributed by atoms with van der Waals surface area (Å²) in [6.07, 6.45) is 2.61. The second-order valence-corrected chi connectivity index (χ2v) is 8.07. The van der Waals surface area contributed by atoms with Gasteiger partial charge in [-0.2, -0.15) is 10.4 Å². The highest BCUT2D eigenvalue weighted by molar-refractivity contribution is 9.10. The number of halogens is 1. The smallest absolute Gasteiger partial charge is 0.410 e. The highest BCUT2D eigenvalue weighted by atomic mass is 79.9. The van der Waals surface area contributed by atoms with Crippen LogP contribution in [0.4, 0.5) is 4.79 Å². The van der Waals surface area contributed by atoms with E-state index >= 15 is 0 Å². The highest BCUT2D eigenvalue weighted by Gasteiger charge is 2.28. The lowest BCUT2D eigenvalue weighted by Gasteiger charge is -2.34. The van der Waals surface area contributed by atoms with Gasteiger partial charge in [-0.1, -0.05) is 0 Å². The highest BCUT2D eigenvalue weighted by Crippen LogP contribution is 2.26. The summed E-state index contributed by atoms with van der Waals surface area (Å²) >= 11 is 3.45. The zero-order chi connectivity index (χ0) is 19.6. The fraction of sp³-hybridized carbons (Fsp3) is 0.500. The molecule has 144 valence electrons. The normalized spacial score (nSPS) is 17.6. The topological polar surface area (TPSA) is 89.1 Å². The second-order valence-electron chi connectivity index (χ2n) is 7.22. The van der Waals surface area contributed by atoms with Crippen molar-refractivity contribution < 1.29 is 19.0 Å². The lowest BCUT2D eigenvalue weighted by Crippen LogP contribution is -2.49. The number of carbonyl (C=O) groups is 1. The molecule has 3 heterocycles. The molecule has 0 spiro atoms. The average Bonchev–Trinajstić information content (AvgIpc) is 3.02. The van der Waals surface area contributed by atoms with Crippen LogP contribution in [0.25, 0.3) is 5.52 Å². The number of nitrogens with zero attached hydrogens (tertiary/aromatic N) is 4. The molecule has 0 radical (unpaired) electrons.